The van der Waals surface area contributed by atoms with E-state index in [1.165, 1.54) is 12.1 Å². The van der Waals surface area contributed by atoms with Crippen LogP contribution in [0.5, 0.6) is 0 Å². The molecule has 0 saturated carbocycles. The first-order chi connectivity index (χ1) is 13.9. The van der Waals surface area contributed by atoms with Gasteiger partial charge in [-0.25, -0.2) is 12.8 Å². The molecule has 0 spiro atoms. The van der Waals surface area contributed by atoms with Crippen molar-refractivity contribution in [2.24, 2.45) is 11.8 Å². The summed E-state index contributed by atoms with van der Waals surface area (Å²) >= 11 is 0. The van der Waals surface area contributed by atoms with Crippen LogP contribution in [0.4, 0.5) is 4.39 Å². The Balaban J connectivity index is 1.57. The maximum atomic E-state index is 13.0. The highest BCUT2D eigenvalue weighted by Crippen LogP contribution is 2.32. The molecule has 0 aromatic heterocycles. The van der Waals surface area contributed by atoms with Crippen LogP contribution in [0.15, 0.2) is 59.5 Å². The lowest BCUT2D eigenvalue weighted by molar-refractivity contribution is -0.122. The number of amides is 1. The standard InChI is InChI=1S/C22H27FN2O3S/c1-2-18-16-25(29(27,28)21-6-4-3-5-7-21)13-12-19(18)14-22(26)24-15-17-8-10-20(23)11-9-17/h3-11,18-19H,2,12-16H2,1H3,(H,24,26)/t18-,19+/m1/s1. The van der Waals surface area contributed by atoms with Gasteiger partial charge in [-0.15, -0.1) is 0 Å². The zero-order valence-corrected chi connectivity index (χ0v) is 17.4. The van der Waals surface area contributed by atoms with Crippen molar-refractivity contribution in [2.45, 2.75) is 37.6 Å². The number of hydrogen-bond donors (Lipinski definition) is 1. The van der Waals surface area contributed by atoms with Crippen LogP contribution < -0.4 is 5.32 Å². The summed E-state index contributed by atoms with van der Waals surface area (Å²) in [6.45, 7) is 3.25. The van der Waals surface area contributed by atoms with Gasteiger partial charge in [-0.2, -0.15) is 4.31 Å². The number of piperidine rings is 1. The highest BCUT2D eigenvalue weighted by molar-refractivity contribution is 7.89. The molecule has 2 aromatic carbocycles. The lowest BCUT2D eigenvalue weighted by atomic mass is 9.82. The van der Waals surface area contributed by atoms with E-state index in [1.54, 1.807) is 46.8 Å². The highest BCUT2D eigenvalue weighted by atomic mass is 32.2. The number of sulfonamides is 1. The predicted molar refractivity (Wildman–Crippen MR) is 110 cm³/mol. The Morgan fingerprint density at radius 1 is 1.10 bits per heavy atom. The number of nitrogens with one attached hydrogen (secondary N) is 1. The van der Waals surface area contributed by atoms with Crippen LogP contribution in [0.25, 0.3) is 0 Å². The van der Waals surface area contributed by atoms with Crippen molar-refractivity contribution >= 4 is 15.9 Å². The zero-order chi connectivity index (χ0) is 20.9. The summed E-state index contributed by atoms with van der Waals surface area (Å²) in [6, 6.07) is 14.5. The van der Waals surface area contributed by atoms with E-state index < -0.39 is 10.0 Å². The maximum absolute atomic E-state index is 13.0. The summed E-state index contributed by atoms with van der Waals surface area (Å²) in [7, 11) is -3.50. The fraction of sp³-hybridized carbons (Fsp3) is 0.409. The molecule has 1 heterocycles. The van der Waals surface area contributed by atoms with E-state index in [2.05, 4.69) is 5.32 Å². The second-order valence-electron chi connectivity index (χ2n) is 7.50. The van der Waals surface area contributed by atoms with Crippen LogP contribution in [-0.2, 0) is 21.4 Å². The number of carbonyl (C=O) groups excluding carboxylic acids is 1. The fourth-order valence-electron chi connectivity index (χ4n) is 3.85. The van der Waals surface area contributed by atoms with Crippen molar-refractivity contribution in [3.63, 3.8) is 0 Å². The summed E-state index contributed by atoms with van der Waals surface area (Å²) in [5.41, 5.74) is 0.843. The molecule has 3 rings (SSSR count). The smallest absolute Gasteiger partial charge is 0.243 e. The molecule has 0 aliphatic carbocycles. The van der Waals surface area contributed by atoms with E-state index in [0.29, 0.717) is 37.4 Å². The fourth-order valence-corrected chi connectivity index (χ4v) is 5.38. The number of rotatable bonds is 7. The summed E-state index contributed by atoms with van der Waals surface area (Å²) in [5, 5.41) is 2.88. The van der Waals surface area contributed by atoms with E-state index in [-0.39, 0.29) is 23.6 Å². The highest BCUT2D eigenvalue weighted by Gasteiger charge is 2.35. The molecule has 7 heteroatoms. The Hall–Kier alpha value is -2.25. The van der Waals surface area contributed by atoms with Crippen LogP contribution in [-0.4, -0.2) is 31.7 Å². The lowest BCUT2D eigenvalue weighted by Crippen LogP contribution is -2.44. The first-order valence-corrected chi connectivity index (χ1v) is 11.4. The summed E-state index contributed by atoms with van der Waals surface area (Å²) in [6.07, 6.45) is 1.85. The van der Waals surface area contributed by atoms with Crippen LogP contribution in [0, 0.1) is 17.7 Å². The number of halogens is 1. The van der Waals surface area contributed by atoms with Gasteiger partial charge >= 0.3 is 0 Å². The van der Waals surface area contributed by atoms with Gasteiger partial charge in [-0.1, -0.05) is 43.7 Å². The van der Waals surface area contributed by atoms with Crippen molar-refractivity contribution in [2.75, 3.05) is 13.1 Å². The van der Waals surface area contributed by atoms with Crippen LogP contribution >= 0.6 is 0 Å². The molecule has 1 N–H and O–H groups in total. The summed E-state index contributed by atoms with van der Waals surface area (Å²) in [4.78, 5) is 12.7. The third kappa shape index (κ3) is 5.42. The molecule has 1 aliphatic heterocycles. The van der Waals surface area contributed by atoms with Gasteiger partial charge in [0, 0.05) is 26.1 Å². The molecule has 1 saturated heterocycles. The second kappa shape index (κ2) is 9.50. The van der Waals surface area contributed by atoms with Crippen molar-refractivity contribution in [3.05, 3.63) is 66.0 Å². The van der Waals surface area contributed by atoms with Gasteiger partial charge in [0.2, 0.25) is 15.9 Å². The average Bonchev–Trinajstić information content (AvgIpc) is 2.74. The first kappa shape index (κ1) is 21.5. The van der Waals surface area contributed by atoms with Gasteiger partial charge in [0.05, 0.1) is 4.90 Å². The molecule has 29 heavy (non-hydrogen) atoms. The molecule has 156 valence electrons. The summed E-state index contributed by atoms with van der Waals surface area (Å²) in [5.74, 6) is -0.0746. The second-order valence-corrected chi connectivity index (χ2v) is 9.44. The topological polar surface area (TPSA) is 66.5 Å². The van der Waals surface area contributed by atoms with E-state index in [0.717, 1.165) is 12.0 Å². The molecule has 0 radical (unpaired) electrons. The van der Waals surface area contributed by atoms with Gasteiger partial charge in [0.15, 0.2) is 0 Å². The third-order valence-electron chi connectivity index (χ3n) is 5.61. The van der Waals surface area contributed by atoms with E-state index in [4.69, 9.17) is 0 Å². The normalized spacial score (nSPS) is 20.3. The molecule has 5 nitrogen and oxygen atoms in total. The Morgan fingerprint density at radius 2 is 1.79 bits per heavy atom. The van der Waals surface area contributed by atoms with Crippen LogP contribution in [0.1, 0.15) is 31.7 Å². The lowest BCUT2D eigenvalue weighted by Gasteiger charge is -2.37. The molecule has 2 aromatic rings. The largest absolute Gasteiger partial charge is 0.352 e. The van der Waals surface area contributed by atoms with E-state index >= 15 is 0 Å². The Labute approximate surface area is 172 Å². The Morgan fingerprint density at radius 3 is 2.45 bits per heavy atom. The van der Waals surface area contributed by atoms with Crippen molar-refractivity contribution < 1.29 is 17.6 Å². The minimum Gasteiger partial charge on any atom is -0.352 e. The van der Waals surface area contributed by atoms with Gasteiger partial charge in [-0.05, 0) is 48.1 Å². The van der Waals surface area contributed by atoms with Crippen molar-refractivity contribution in [1.82, 2.24) is 9.62 Å². The molecular weight excluding hydrogens is 391 g/mol. The van der Waals surface area contributed by atoms with E-state index in [1.807, 2.05) is 6.92 Å². The monoisotopic (exact) mass is 418 g/mol. The molecular formula is C22H27FN2O3S. The van der Waals surface area contributed by atoms with Gasteiger partial charge < -0.3 is 5.32 Å². The third-order valence-corrected chi connectivity index (χ3v) is 7.49. The molecule has 1 amide bonds. The van der Waals surface area contributed by atoms with Crippen LogP contribution in [0.2, 0.25) is 0 Å². The Kier molecular flexibility index (Phi) is 7.03. The Bertz CT molecular complexity index is 917. The summed E-state index contributed by atoms with van der Waals surface area (Å²) < 4.78 is 40.3. The zero-order valence-electron chi connectivity index (χ0n) is 16.6. The maximum Gasteiger partial charge on any atom is 0.243 e. The number of benzene rings is 2. The average molecular weight is 419 g/mol. The van der Waals surface area contributed by atoms with Crippen molar-refractivity contribution in [3.8, 4) is 0 Å². The minimum atomic E-state index is -3.50. The first-order valence-electron chi connectivity index (χ1n) is 9.96. The molecule has 0 unspecified atom stereocenters. The molecule has 2 atom stereocenters. The molecule has 1 fully saturated rings. The quantitative estimate of drug-likeness (QED) is 0.748. The SMILES string of the molecule is CC[C@@H]1CN(S(=O)(=O)c2ccccc2)CC[C@H]1CC(=O)NCc1ccc(F)cc1. The minimum absolute atomic E-state index is 0.0582. The van der Waals surface area contributed by atoms with Crippen molar-refractivity contribution in [1.29, 1.82) is 0 Å². The van der Waals surface area contributed by atoms with Crippen LogP contribution in [0.3, 0.4) is 0 Å². The van der Waals surface area contributed by atoms with Gasteiger partial charge in [0.1, 0.15) is 5.82 Å². The molecule has 0 bridgehead atoms. The van der Waals surface area contributed by atoms with Gasteiger partial charge in [0.25, 0.3) is 0 Å². The van der Waals surface area contributed by atoms with Gasteiger partial charge in [-0.3, -0.25) is 4.79 Å². The number of carbonyl (C=O) groups is 1. The number of nitrogens with zero attached hydrogens (tertiary/aromatic N) is 1. The predicted octanol–water partition coefficient (Wildman–Crippen LogP) is 3.57. The molecule has 1 aliphatic rings. The number of hydrogen-bond acceptors (Lipinski definition) is 3. The van der Waals surface area contributed by atoms with E-state index in [9.17, 15) is 17.6 Å².